The third-order valence-corrected chi connectivity index (χ3v) is 3.84. The summed E-state index contributed by atoms with van der Waals surface area (Å²) in [4.78, 5) is 2.28. The number of likely N-dealkylation sites (tertiary alicyclic amines) is 1. The van der Waals surface area contributed by atoms with Gasteiger partial charge in [0, 0.05) is 52.4 Å². The van der Waals surface area contributed by atoms with Crippen LogP contribution >= 0.6 is 11.5 Å². The summed E-state index contributed by atoms with van der Waals surface area (Å²) in [5, 5.41) is 8.27. The van der Waals surface area contributed by atoms with Crippen LogP contribution in [0.25, 0.3) is 0 Å². The monoisotopic (exact) mass is 258 g/mol. The highest BCUT2D eigenvalue weighted by Gasteiger charge is 2.33. The van der Waals surface area contributed by atoms with Crippen LogP contribution in [0.3, 0.4) is 0 Å². The molecule has 0 radical (unpaired) electrons. The summed E-state index contributed by atoms with van der Waals surface area (Å²) < 4.78 is 14.8. The largest absolute Gasteiger partial charge is 0.377 e. The number of nitrogens with zero attached hydrogens (tertiary/aromatic N) is 3. The molecule has 1 N–H and O–H groups in total. The average Bonchev–Trinajstić information content (AvgIpc) is 2.95. The van der Waals surface area contributed by atoms with Crippen molar-refractivity contribution in [3.05, 3.63) is 5.69 Å². The van der Waals surface area contributed by atoms with E-state index in [0.29, 0.717) is 0 Å². The fourth-order valence-corrected chi connectivity index (χ4v) is 2.64. The molecule has 1 aliphatic heterocycles. The third kappa shape index (κ3) is 2.74. The van der Waals surface area contributed by atoms with Crippen molar-refractivity contribution in [1.82, 2.24) is 14.5 Å². The lowest BCUT2D eigenvalue weighted by Crippen LogP contribution is -2.27. The molecule has 1 aromatic heterocycles. The minimum Gasteiger partial charge on any atom is -0.377 e. The van der Waals surface area contributed by atoms with Crippen LogP contribution in [0.2, 0.25) is 0 Å². The van der Waals surface area contributed by atoms with Crippen molar-refractivity contribution in [3.8, 4) is 0 Å². The van der Waals surface area contributed by atoms with Crippen LogP contribution in [0.15, 0.2) is 0 Å². The molecule has 17 heavy (non-hydrogen) atoms. The van der Waals surface area contributed by atoms with Crippen LogP contribution in [0.5, 0.6) is 0 Å². The van der Waals surface area contributed by atoms with E-state index in [1.807, 2.05) is 7.05 Å². The summed E-state index contributed by atoms with van der Waals surface area (Å²) in [7, 11) is 5.34. The molecule has 7 heteroatoms. The number of rotatable bonds is 5. The van der Waals surface area contributed by atoms with Gasteiger partial charge in [0.1, 0.15) is 10.7 Å². The Kier molecular flexibility index (Phi) is 4.27. The predicted molar refractivity (Wildman–Crippen MR) is 66.3 cm³/mol. The van der Waals surface area contributed by atoms with Gasteiger partial charge in [-0.25, -0.2) is 0 Å². The van der Waals surface area contributed by atoms with Crippen molar-refractivity contribution < 1.29 is 9.47 Å². The number of hydrogen-bond acceptors (Lipinski definition) is 7. The molecule has 1 saturated heterocycles. The van der Waals surface area contributed by atoms with Crippen LogP contribution in [-0.2, 0) is 16.0 Å². The van der Waals surface area contributed by atoms with E-state index >= 15 is 0 Å². The van der Waals surface area contributed by atoms with E-state index in [2.05, 4.69) is 19.8 Å². The SMILES string of the molecule is CNc1snnc1CN1CC(OC)C(OC)C1. The highest BCUT2D eigenvalue weighted by molar-refractivity contribution is 7.10. The van der Waals surface area contributed by atoms with E-state index in [4.69, 9.17) is 9.47 Å². The number of aromatic nitrogens is 2. The molecule has 0 spiro atoms. The van der Waals surface area contributed by atoms with E-state index in [9.17, 15) is 0 Å². The summed E-state index contributed by atoms with van der Waals surface area (Å²) in [5.74, 6) is 0. The maximum Gasteiger partial charge on any atom is 0.134 e. The quantitative estimate of drug-likeness (QED) is 0.826. The van der Waals surface area contributed by atoms with E-state index in [1.54, 1.807) is 14.2 Å². The normalized spacial score (nSPS) is 25.4. The van der Waals surface area contributed by atoms with Crippen molar-refractivity contribution in [2.45, 2.75) is 18.8 Å². The molecule has 1 aliphatic rings. The molecule has 0 aromatic carbocycles. The first-order chi connectivity index (χ1) is 8.28. The first-order valence-electron chi connectivity index (χ1n) is 5.55. The van der Waals surface area contributed by atoms with Crippen molar-refractivity contribution >= 4 is 16.5 Å². The molecule has 0 aliphatic carbocycles. The summed E-state index contributed by atoms with van der Waals surface area (Å²) in [6.07, 6.45) is 0.286. The average molecular weight is 258 g/mol. The zero-order chi connectivity index (χ0) is 12.3. The van der Waals surface area contributed by atoms with Crippen molar-refractivity contribution in [2.24, 2.45) is 0 Å². The van der Waals surface area contributed by atoms with Gasteiger partial charge in [-0.05, 0) is 0 Å². The Bertz CT molecular complexity index is 348. The van der Waals surface area contributed by atoms with Crippen molar-refractivity contribution in [2.75, 3.05) is 39.7 Å². The number of nitrogens with one attached hydrogen (secondary N) is 1. The lowest BCUT2D eigenvalue weighted by Gasteiger charge is -2.13. The molecule has 2 unspecified atom stereocenters. The van der Waals surface area contributed by atoms with Crippen LogP contribution in [0, 0.1) is 0 Å². The maximum absolute atomic E-state index is 5.40. The second-order valence-corrected chi connectivity index (χ2v) is 4.80. The molecule has 0 amide bonds. The zero-order valence-corrected chi connectivity index (χ0v) is 11.2. The van der Waals surface area contributed by atoms with Crippen LogP contribution in [0.1, 0.15) is 5.69 Å². The molecule has 6 nitrogen and oxygen atoms in total. The van der Waals surface area contributed by atoms with Crippen LogP contribution in [-0.4, -0.2) is 61.1 Å². The predicted octanol–water partition coefficient (Wildman–Crippen LogP) is 0.425. The minimum absolute atomic E-state index is 0.143. The summed E-state index contributed by atoms with van der Waals surface area (Å²) in [6.45, 7) is 2.53. The smallest absolute Gasteiger partial charge is 0.134 e. The van der Waals surface area contributed by atoms with Crippen molar-refractivity contribution in [1.29, 1.82) is 0 Å². The van der Waals surface area contributed by atoms with Gasteiger partial charge in [0.2, 0.25) is 0 Å². The Morgan fingerprint density at radius 1 is 1.35 bits per heavy atom. The Balaban J connectivity index is 1.97. The van der Waals surface area contributed by atoms with Gasteiger partial charge >= 0.3 is 0 Å². The first-order valence-corrected chi connectivity index (χ1v) is 6.32. The number of anilines is 1. The highest BCUT2D eigenvalue weighted by atomic mass is 32.1. The lowest BCUT2D eigenvalue weighted by atomic mass is 10.3. The van der Waals surface area contributed by atoms with E-state index in [0.717, 1.165) is 30.3 Å². The van der Waals surface area contributed by atoms with E-state index in [-0.39, 0.29) is 12.2 Å². The summed E-state index contributed by atoms with van der Waals surface area (Å²) in [5.41, 5.74) is 0.990. The van der Waals surface area contributed by atoms with Gasteiger partial charge in [-0.1, -0.05) is 4.49 Å². The number of methoxy groups -OCH3 is 2. The van der Waals surface area contributed by atoms with Crippen LogP contribution < -0.4 is 5.32 Å². The number of ether oxygens (including phenoxy) is 2. The standard InChI is InChI=1S/C10H18N4O2S/c1-11-10-7(12-13-17-10)4-14-5-8(15-2)9(6-14)16-3/h8-9,11H,4-6H2,1-3H3. The number of hydrogen-bond donors (Lipinski definition) is 1. The van der Waals surface area contributed by atoms with Gasteiger partial charge in [-0.2, -0.15) is 0 Å². The molecule has 0 bridgehead atoms. The minimum atomic E-state index is 0.143. The second kappa shape index (κ2) is 5.72. The summed E-state index contributed by atoms with van der Waals surface area (Å²) >= 11 is 1.38. The molecule has 1 aromatic rings. The molecule has 2 atom stereocenters. The molecule has 1 fully saturated rings. The third-order valence-electron chi connectivity index (χ3n) is 3.05. The van der Waals surface area contributed by atoms with Gasteiger partial charge in [0.05, 0.1) is 12.2 Å². The van der Waals surface area contributed by atoms with Gasteiger partial charge in [0.15, 0.2) is 0 Å². The maximum atomic E-state index is 5.40. The molecule has 96 valence electrons. The van der Waals surface area contributed by atoms with Gasteiger partial charge < -0.3 is 14.8 Å². The molecular formula is C10H18N4O2S. The Morgan fingerprint density at radius 3 is 2.53 bits per heavy atom. The fourth-order valence-electron chi connectivity index (χ4n) is 2.11. The topological polar surface area (TPSA) is 59.5 Å². The van der Waals surface area contributed by atoms with Crippen molar-refractivity contribution in [3.63, 3.8) is 0 Å². The Labute approximate surface area is 105 Å². The molecular weight excluding hydrogens is 240 g/mol. The van der Waals surface area contributed by atoms with E-state index < -0.39 is 0 Å². The zero-order valence-electron chi connectivity index (χ0n) is 10.3. The Hall–Kier alpha value is -0.760. The van der Waals surface area contributed by atoms with E-state index in [1.165, 1.54) is 11.5 Å². The fraction of sp³-hybridized carbons (Fsp3) is 0.800. The Morgan fingerprint density at radius 2 is 2.00 bits per heavy atom. The highest BCUT2D eigenvalue weighted by Crippen LogP contribution is 2.22. The molecule has 0 saturated carbocycles. The molecule has 2 heterocycles. The second-order valence-electron chi connectivity index (χ2n) is 4.04. The van der Waals surface area contributed by atoms with Gasteiger partial charge in [0.25, 0.3) is 0 Å². The lowest BCUT2D eigenvalue weighted by molar-refractivity contribution is -0.00461. The summed E-state index contributed by atoms with van der Waals surface area (Å²) in [6, 6.07) is 0. The van der Waals surface area contributed by atoms with Gasteiger partial charge in [-0.15, -0.1) is 5.10 Å². The van der Waals surface area contributed by atoms with Gasteiger partial charge in [-0.3, -0.25) is 4.90 Å². The molecule has 2 rings (SSSR count). The first kappa shape index (κ1) is 12.7. The van der Waals surface area contributed by atoms with Crippen LogP contribution in [0.4, 0.5) is 5.00 Å².